The van der Waals surface area contributed by atoms with Crippen LogP contribution in [0.5, 0.6) is 5.75 Å². The smallest absolute Gasteiger partial charge is 0.354 e. The fraction of sp³-hybridized carbons (Fsp3) is 0.375. The number of pyridine rings is 1. The summed E-state index contributed by atoms with van der Waals surface area (Å²) >= 11 is 0. The van der Waals surface area contributed by atoms with Crippen LogP contribution < -0.4 is 4.74 Å². The van der Waals surface area contributed by atoms with Gasteiger partial charge in [-0.1, -0.05) is 12.1 Å². The van der Waals surface area contributed by atoms with Gasteiger partial charge in [-0.2, -0.15) is 0 Å². The van der Waals surface area contributed by atoms with E-state index in [4.69, 9.17) is 14.6 Å². The summed E-state index contributed by atoms with van der Waals surface area (Å²) < 4.78 is 11.2. The van der Waals surface area contributed by atoms with E-state index in [1.54, 1.807) is 6.07 Å². The van der Waals surface area contributed by atoms with E-state index < -0.39 is 5.97 Å². The number of nitrogens with zero attached hydrogens (tertiary/aromatic N) is 1. The van der Waals surface area contributed by atoms with Gasteiger partial charge >= 0.3 is 5.97 Å². The Hall–Kier alpha value is -2.14. The maximum Gasteiger partial charge on any atom is 0.354 e. The van der Waals surface area contributed by atoms with Crippen LogP contribution in [0.2, 0.25) is 0 Å². The second kappa shape index (κ2) is 6.10. The van der Waals surface area contributed by atoms with Gasteiger partial charge in [-0.05, 0) is 30.9 Å². The van der Waals surface area contributed by atoms with Gasteiger partial charge in [0.15, 0.2) is 5.69 Å². The van der Waals surface area contributed by atoms with Crippen LogP contribution in [-0.4, -0.2) is 35.9 Å². The molecule has 5 nitrogen and oxygen atoms in total. The lowest BCUT2D eigenvalue weighted by Gasteiger charge is -2.22. The number of hydrogen-bond acceptors (Lipinski definition) is 4. The summed E-state index contributed by atoms with van der Waals surface area (Å²) in [7, 11) is 0. The predicted molar refractivity (Wildman–Crippen MR) is 77.7 cm³/mol. The number of benzene rings is 1. The molecule has 0 bridgehead atoms. The molecule has 2 heterocycles. The fourth-order valence-corrected chi connectivity index (χ4v) is 2.49. The Bertz CT molecular complexity index is 650. The average Bonchev–Trinajstić information content (AvgIpc) is 2.53. The summed E-state index contributed by atoms with van der Waals surface area (Å²) in [6.07, 6.45) is 1.96. The highest BCUT2D eigenvalue weighted by atomic mass is 16.5. The Balaban J connectivity index is 1.86. The van der Waals surface area contributed by atoms with Crippen molar-refractivity contribution in [3.63, 3.8) is 0 Å². The Labute approximate surface area is 122 Å². The standard InChI is InChI=1S/C16H17NO4/c18-16(19)14-9-15(12-3-1-2-4-13(12)17-14)21-10-11-5-7-20-8-6-11/h1-4,9,11H,5-8,10H2,(H,18,19). The number of carboxylic acids is 1. The molecule has 0 amide bonds. The Kier molecular flexibility index (Phi) is 4.01. The molecule has 1 aliphatic heterocycles. The molecule has 5 heteroatoms. The minimum absolute atomic E-state index is 0.00989. The van der Waals surface area contributed by atoms with Gasteiger partial charge in [-0.25, -0.2) is 9.78 Å². The summed E-state index contributed by atoms with van der Waals surface area (Å²) in [5.74, 6) is 0.000108. The molecule has 110 valence electrons. The van der Waals surface area contributed by atoms with Crippen LogP contribution in [-0.2, 0) is 4.74 Å². The van der Waals surface area contributed by atoms with Crippen LogP contribution in [0.4, 0.5) is 0 Å². The number of aromatic nitrogens is 1. The first-order chi connectivity index (χ1) is 10.2. The number of aromatic carboxylic acids is 1. The van der Waals surface area contributed by atoms with Gasteiger partial charge in [0.2, 0.25) is 0 Å². The molecular formula is C16H17NO4. The van der Waals surface area contributed by atoms with Crippen molar-refractivity contribution in [1.29, 1.82) is 0 Å². The summed E-state index contributed by atoms with van der Waals surface area (Å²) in [5.41, 5.74) is 0.648. The molecule has 1 aliphatic rings. The number of hydrogen-bond donors (Lipinski definition) is 1. The Morgan fingerprint density at radius 3 is 2.86 bits per heavy atom. The molecule has 1 aromatic carbocycles. The minimum Gasteiger partial charge on any atom is -0.493 e. The molecule has 0 aliphatic carbocycles. The van der Waals surface area contributed by atoms with Gasteiger partial charge in [0.1, 0.15) is 5.75 Å². The number of rotatable bonds is 4. The van der Waals surface area contributed by atoms with Gasteiger partial charge < -0.3 is 14.6 Å². The third-order valence-corrected chi connectivity index (χ3v) is 3.71. The maximum atomic E-state index is 11.2. The van der Waals surface area contributed by atoms with Crippen molar-refractivity contribution >= 4 is 16.9 Å². The Morgan fingerprint density at radius 1 is 1.33 bits per heavy atom. The van der Waals surface area contributed by atoms with E-state index in [1.165, 1.54) is 6.07 Å². The van der Waals surface area contributed by atoms with Crippen LogP contribution in [0.1, 0.15) is 23.3 Å². The molecule has 0 radical (unpaired) electrons. The normalized spacial score (nSPS) is 16.0. The first kappa shape index (κ1) is 13.8. The number of carboxylic acid groups (broad SMARTS) is 1. The van der Waals surface area contributed by atoms with Gasteiger partial charge in [0.25, 0.3) is 0 Å². The molecule has 0 saturated carbocycles. The lowest BCUT2D eigenvalue weighted by molar-refractivity contribution is 0.0499. The Morgan fingerprint density at radius 2 is 2.10 bits per heavy atom. The van der Waals surface area contributed by atoms with E-state index in [2.05, 4.69) is 4.98 Å². The lowest BCUT2D eigenvalue weighted by atomic mass is 10.0. The second-order valence-corrected chi connectivity index (χ2v) is 5.19. The quantitative estimate of drug-likeness (QED) is 0.936. The number of fused-ring (bicyclic) bond motifs is 1. The van der Waals surface area contributed by atoms with Crippen LogP contribution in [0.25, 0.3) is 10.9 Å². The maximum absolute atomic E-state index is 11.2. The SMILES string of the molecule is O=C(O)c1cc(OCC2CCOCC2)c2ccccc2n1. The lowest BCUT2D eigenvalue weighted by Crippen LogP contribution is -2.21. The van der Waals surface area contributed by atoms with E-state index in [-0.39, 0.29) is 5.69 Å². The molecule has 3 rings (SSSR count). The summed E-state index contributed by atoms with van der Waals surface area (Å²) in [6.45, 7) is 2.12. The highest BCUT2D eigenvalue weighted by molar-refractivity contribution is 5.93. The van der Waals surface area contributed by atoms with Crippen molar-refractivity contribution in [2.75, 3.05) is 19.8 Å². The van der Waals surface area contributed by atoms with Gasteiger partial charge in [0.05, 0.1) is 12.1 Å². The van der Waals surface area contributed by atoms with Crippen LogP contribution in [0.3, 0.4) is 0 Å². The van der Waals surface area contributed by atoms with Crippen molar-refractivity contribution in [1.82, 2.24) is 4.98 Å². The van der Waals surface area contributed by atoms with E-state index in [9.17, 15) is 4.79 Å². The number of carbonyl (C=O) groups is 1. The largest absolute Gasteiger partial charge is 0.493 e. The first-order valence-electron chi connectivity index (χ1n) is 7.07. The van der Waals surface area contributed by atoms with Crippen LogP contribution in [0, 0.1) is 5.92 Å². The highest BCUT2D eigenvalue weighted by Crippen LogP contribution is 2.27. The average molecular weight is 287 g/mol. The first-order valence-corrected chi connectivity index (χ1v) is 7.07. The molecule has 1 fully saturated rings. The minimum atomic E-state index is -1.04. The molecule has 0 spiro atoms. The van der Waals surface area contributed by atoms with E-state index >= 15 is 0 Å². The molecule has 21 heavy (non-hydrogen) atoms. The monoisotopic (exact) mass is 287 g/mol. The zero-order valence-electron chi connectivity index (χ0n) is 11.6. The van der Waals surface area contributed by atoms with Gasteiger partial charge in [-0.15, -0.1) is 0 Å². The van der Waals surface area contributed by atoms with E-state index in [1.807, 2.05) is 18.2 Å². The molecule has 1 N–H and O–H groups in total. The molecule has 0 atom stereocenters. The summed E-state index contributed by atoms with van der Waals surface area (Å²) in [6, 6.07) is 8.93. The summed E-state index contributed by atoms with van der Waals surface area (Å²) in [5, 5.41) is 9.99. The fourth-order valence-electron chi connectivity index (χ4n) is 2.49. The number of ether oxygens (including phenoxy) is 2. The molecule has 0 unspecified atom stereocenters. The van der Waals surface area contributed by atoms with Crippen LogP contribution in [0.15, 0.2) is 30.3 Å². The molecule has 1 saturated heterocycles. The third-order valence-electron chi connectivity index (χ3n) is 3.71. The highest BCUT2D eigenvalue weighted by Gasteiger charge is 2.16. The predicted octanol–water partition coefficient (Wildman–Crippen LogP) is 2.74. The van der Waals surface area contributed by atoms with E-state index in [0.29, 0.717) is 23.8 Å². The molecular weight excluding hydrogens is 270 g/mol. The summed E-state index contributed by atoms with van der Waals surface area (Å²) in [4.78, 5) is 15.3. The van der Waals surface area contributed by atoms with Gasteiger partial charge in [0, 0.05) is 24.7 Å². The van der Waals surface area contributed by atoms with Gasteiger partial charge in [-0.3, -0.25) is 0 Å². The molecule has 2 aromatic rings. The topological polar surface area (TPSA) is 68.7 Å². The molecule has 1 aromatic heterocycles. The third kappa shape index (κ3) is 3.13. The zero-order valence-corrected chi connectivity index (χ0v) is 11.6. The van der Waals surface area contributed by atoms with Crippen molar-refractivity contribution in [2.45, 2.75) is 12.8 Å². The van der Waals surface area contributed by atoms with E-state index in [0.717, 1.165) is 31.4 Å². The van der Waals surface area contributed by atoms with Crippen molar-refractivity contribution in [3.8, 4) is 5.75 Å². The van der Waals surface area contributed by atoms with Crippen molar-refractivity contribution in [2.24, 2.45) is 5.92 Å². The number of para-hydroxylation sites is 1. The van der Waals surface area contributed by atoms with Crippen molar-refractivity contribution < 1.29 is 19.4 Å². The van der Waals surface area contributed by atoms with Crippen molar-refractivity contribution in [3.05, 3.63) is 36.0 Å². The zero-order chi connectivity index (χ0) is 14.7. The second-order valence-electron chi connectivity index (χ2n) is 5.19. The van der Waals surface area contributed by atoms with Crippen LogP contribution >= 0.6 is 0 Å².